The van der Waals surface area contributed by atoms with Gasteiger partial charge in [-0.3, -0.25) is 9.80 Å². The second-order valence-corrected chi connectivity index (χ2v) is 7.74. The highest BCUT2D eigenvalue weighted by Crippen LogP contribution is 2.20. The first-order valence-corrected chi connectivity index (χ1v) is 10.9. The molecule has 2 rings (SSSR count). The summed E-state index contributed by atoms with van der Waals surface area (Å²) in [5, 5.41) is 19.1. The van der Waals surface area contributed by atoms with Crippen molar-refractivity contribution < 1.29 is 29.3 Å². The van der Waals surface area contributed by atoms with E-state index in [4.69, 9.17) is 9.47 Å². The van der Waals surface area contributed by atoms with Crippen LogP contribution < -0.4 is 0 Å². The molecule has 0 amide bonds. The van der Waals surface area contributed by atoms with Crippen LogP contribution in [0.5, 0.6) is 0 Å². The molecule has 0 aromatic rings. The average molecular weight is 413 g/mol. The number of carboxylic acid groups (broad SMARTS) is 2. The Balaban J connectivity index is 1.72. The largest absolute Gasteiger partial charge is 0.478 e. The number of hydrogen-bond acceptors (Lipinski definition) is 6. The zero-order valence-electron chi connectivity index (χ0n) is 17.4. The molecule has 0 aromatic heterocycles. The fourth-order valence-corrected chi connectivity index (χ4v) is 3.89. The van der Waals surface area contributed by atoms with Crippen LogP contribution in [0.2, 0.25) is 0 Å². The lowest BCUT2D eigenvalue weighted by Gasteiger charge is -2.26. The van der Waals surface area contributed by atoms with Crippen molar-refractivity contribution in [3.05, 3.63) is 11.1 Å². The van der Waals surface area contributed by atoms with Crippen molar-refractivity contribution in [3.63, 3.8) is 0 Å². The average Bonchev–Trinajstić information content (AvgIpc) is 2.72. The van der Waals surface area contributed by atoms with Gasteiger partial charge < -0.3 is 19.7 Å². The number of rotatable bonds is 13. The van der Waals surface area contributed by atoms with Gasteiger partial charge in [-0.05, 0) is 45.2 Å². The van der Waals surface area contributed by atoms with E-state index < -0.39 is 11.9 Å². The van der Waals surface area contributed by atoms with E-state index in [0.717, 1.165) is 71.7 Å². The van der Waals surface area contributed by atoms with E-state index in [2.05, 4.69) is 9.80 Å². The van der Waals surface area contributed by atoms with Crippen molar-refractivity contribution in [2.75, 3.05) is 65.7 Å². The van der Waals surface area contributed by atoms with Crippen LogP contribution in [0.15, 0.2) is 11.1 Å². The smallest absolute Gasteiger partial charge is 0.332 e. The van der Waals surface area contributed by atoms with Gasteiger partial charge >= 0.3 is 11.9 Å². The first-order valence-electron chi connectivity index (χ1n) is 10.9. The maximum Gasteiger partial charge on any atom is 0.332 e. The third kappa shape index (κ3) is 9.25. The molecule has 0 aromatic carbocycles. The summed E-state index contributed by atoms with van der Waals surface area (Å²) in [4.78, 5) is 28.0. The van der Waals surface area contributed by atoms with Crippen molar-refractivity contribution in [1.29, 1.82) is 0 Å². The molecule has 2 aliphatic heterocycles. The van der Waals surface area contributed by atoms with Gasteiger partial charge in [-0.25, -0.2) is 9.59 Å². The van der Waals surface area contributed by atoms with Crippen LogP contribution >= 0.6 is 0 Å². The van der Waals surface area contributed by atoms with Gasteiger partial charge in [0, 0.05) is 37.3 Å². The fourth-order valence-electron chi connectivity index (χ4n) is 3.89. The summed E-state index contributed by atoms with van der Waals surface area (Å²) in [6.45, 7) is 8.50. The standard InChI is InChI=1S/C21H36N2O6/c24-20(25)18(6-3-1-2-4-8-22-10-14-28-15-11-22)19(21(26)27)7-5-9-23-12-16-29-17-13-23/h1-17H2,(H,24,25)(H,26,27). The summed E-state index contributed by atoms with van der Waals surface area (Å²) >= 11 is 0. The van der Waals surface area contributed by atoms with Gasteiger partial charge in [0.25, 0.3) is 0 Å². The van der Waals surface area contributed by atoms with E-state index in [1.807, 2.05) is 0 Å². The minimum absolute atomic E-state index is 0.0686. The van der Waals surface area contributed by atoms with E-state index >= 15 is 0 Å². The number of carbonyl (C=O) groups is 2. The van der Waals surface area contributed by atoms with Crippen LogP contribution in [-0.2, 0) is 19.1 Å². The predicted molar refractivity (Wildman–Crippen MR) is 109 cm³/mol. The number of aliphatic carboxylic acids is 2. The molecule has 8 nitrogen and oxygen atoms in total. The lowest BCUT2D eigenvalue weighted by atomic mass is 9.97. The molecule has 29 heavy (non-hydrogen) atoms. The second kappa shape index (κ2) is 13.7. The van der Waals surface area contributed by atoms with Gasteiger partial charge in [-0.1, -0.05) is 12.8 Å². The summed E-state index contributed by atoms with van der Waals surface area (Å²) in [7, 11) is 0. The van der Waals surface area contributed by atoms with Gasteiger partial charge in [-0.15, -0.1) is 0 Å². The molecule has 2 aliphatic rings. The van der Waals surface area contributed by atoms with Crippen LogP contribution in [0.4, 0.5) is 0 Å². The Kier molecular flexibility index (Phi) is 11.2. The van der Waals surface area contributed by atoms with Crippen molar-refractivity contribution in [2.45, 2.75) is 44.9 Å². The molecular weight excluding hydrogens is 376 g/mol. The molecule has 0 atom stereocenters. The summed E-state index contributed by atoms with van der Waals surface area (Å²) in [6.07, 6.45) is 5.02. The van der Waals surface area contributed by atoms with E-state index in [1.165, 1.54) is 0 Å². The monoisotopic (exact) mass is 412 g/mol. The van der Waals surface area contributed by atoms with E-state index in [1.54, 1.807) is 0 Å². The SMILES string of the molecule is O=C(O)C(CCCCCCN1CCOCC1)=C(CCCN1CCOCC1)C(=O)O. The van der Waals surface area contributed by atoms with Crippen molar-refractivity contribution in [1.82, 2.24) is 9.80 Å². The van der Waals surface area contributed by atoms with Crippen LogP contribution in [0.1, 0.15) is 44.9 Å². The number of unbranched alkanes of at least 4 members (excludes halogenated alkanes) is 3. The minimum Gasteiger partial charge on any atom is -0.478 e. The number of carboxylic acids is 2. The molecule has 8 heteroatoms. The Morgan fingerprint density at radius 3 is 1.52 bits per heavy atom. The molecule has 2 saturated heterocycles. The van der Waals surface area contributed by atoms with Gasteiger partial charge in [0.05, 0.1) is 26.4 Å². The molecule has 0 bridgehead atoms. The summed E-state index contributed by atoms with van der Waals surface area (Å²) in [6, 6.07) is 0. The second-order valence-electron chi connectivity index (χ2n) is 7.74. The molecule has 0 radical (unpaired) electrons. The number of morpholine rings is 2. The first-order chi connectivity index (χ1) is 14.1. The molecule has 0 aliphatic carbocycles. The van der Waals surface area contributed by atoms with Crippen LogP contribution in [0.25, 0.3) is 0 Å². The topological polar surface area (TPSA) is 99.5 Å². The Morgan fingerprint density at radius 2 is 1.03 bits per heavy atom. The Hall–Kier alpha value is -1.48. The maximum atomic E-state index is 11.7. The molecular formula is C21H36N2O6. The number of hydrogen-bond donors (Lipinski definition) is 2. The molecule has 2 N–H and O–H groups in total. The number of ether oxygens (including phenoxy) is 2. The van der Waals surface area contributed by atoms with E-state index in [-0.39, 0.29) is 11.1 Å². The van der Waals surface area contributed by atoms with Crippen LogP contribution in [0.3, 0.4) is 0 Å². The normalized spacial score (nSPS) is 19.7. The van der Waals surface area contributed by atoms with Crippen LogP contribution in [-0.4, -0.2) is 97.6 Å². The third-order valence-corrected chi connectivity index (χ3v) is 5.64. The Labute approximate surface area is 173 Å². The van der Waals surface area contributed by atoms with Gasteiger partial charge in [0.15, 0.2) is 0 Å². The van der Waals surface area contributed by atoms with Crippen molar-refractivity contribution in [3.8, 4) is 0 Å². The highest BCUT2D eigenvalue weighted by atomic mass is 16.5. The predicted octanol–water partition coefficient (Wildman–Crippen LogP) is 1.85. The first kappa shape index (κ1) is 23.8. The lowest BCUT2D eigenvalue weighted by molar-refractivity contribution is -0.136. The summed E-state index contributed by atoms with van der Waals surface area (Å²) < 4.78 is 10.6. The van der Waals surface area contributed by atoms with Gasteiger partial charge in [-0.2, -0.15) is 0 Å². The third-order valence-electron chi connectivity index (χ3n) is 5.64. The Morgan fingerprint density at radius 1 is 0.621 bits per heavy atom. The summed E-state index contributed by atoms with van der Waals surface area (Å²) in [5.41, 5.74) is 0.145. The van der Waals surface area contributed by atoms with Crippen molar-refractivity contribution in [2.24, 2.45) is 0 Å². The minimum atomic E-state index is -1.10. The maximum absolute atomic E-state index is 11.7. The van der Waals surface area contributed by atoms with Gasteiger partial charge in [0.2, 0.25) is 0 Å². The molecule has 0 spiro atoms. The van der Waals surface area contributed by atoms with Crippen molar-refractivity contribution >= 4 is 11.9 Å². The summed E-state index contributed by atoms with van der Waals surface area (Å²) in [5.74, 6) is -2.20. The number of nitrogens with zero attached hydrogens (tertiary/aromatic N) is 2. The van der Waals surface area contributed by atoms with E-state index in [9.17, 15) is 19.8 Å². The van der Waals surface area contributed by atoms with Crippen LogP contribution in [0, 0.1) is 0 Å². The van der Waals surface area contributed by atoms with Gasteiger partial charge in [0.1, 0.15) is 0 Å². The molecule has 166 valence electrons. The molecule has 2 heterocycles. The lowest BCUT2D eigenvalue weighted by Crippen LogP contribution is -2.36. The molecule has 0 saturated carbocycles. The quantitative estimate of drug-likeness (QED) is 0.349. The van der Waals surface area contributed by atoms with E-state index in [0.29, 0.717) is 38.9 Å². The molecule has 0 unspecified atom stereocenters. The zero-order chi connectivity index (χ0) is 20.9. The zero-order valence-corrected chi connectivity index (χ0v) is 17.4. The highest BCUT2D eigenvalue weighted by molar-refractivity contribution is 5.98. The fraction of sp³-hybridized carbons (Fsp3) is 0.810. The highest BCUT2D eigenvalue weighted by Gasteiger charge is 2.20. The molecule has 2 fully saturated rings. The Bertz CT molecular complexity index is 539.